The zero-order chi connectivity index (χ0) is 25.7. The maximum absolute atomic E-state index is 8.12. The number of benzene rings is 2. The Labute approximate surface area is 221 Å². The summed E-state index contributed by atoms with van der Waals surface area (Å²) < 4.78 is 2.93. The highest BCUT2D eigenvalue weighted by atomic mass is 35.5. The number of hydrogen-bond donors (Lipinski definition) is 0. The van der Waals surface area contributed by atoms with Gasteiger partial charge in [-0.05, 0) is 37.6 Å². The largest absolute Gasteiger partial charge is 0.373 e. The smallest absolute Gasteiger partial charge is 0.238 e. The molecule has 0 aliphatic carbocycles. The molecule has 0 spiro atoms. The summed E-state index contributed by atoms with van der Waals surface area (Å²) in [6, 6.07) is 11.5. The summed E-state index contributed by atoms with van der Waals surface area (Å²) in [7, 11) is 0. The number of aromatic nitrogens is 3. The van der Waals surface area contributed by atoms with E-state index in [1.54, 1.807) is 29.2 Å². The molecule has 6 nitrogen and oxygen atoms in total. The van der Waals surface area contributed by atoms with Crippen molar-refractivity contribution in [2.75, 3.05) is 0 Å². The Morgan fingerprint density at radius 1 is 1.09 bits per heavy atom. The van der Waals surface area contributed by atoms with Gasteiger partial charge in [-0.25, -0.2) is 14.5 Å². The molecule has 0 saturated heterocycles. The number of aryl methyl sites for hydroxylation is 2. The van der Waals surface area contributed by atoms with Crippen LogP contribution in [-0.4, -0.2) is 26.2 Å². The lowest BCUT2D eigenvalue weighted by Gasteiger charge is -2.05. The molecule has 0 amide bonds. The first-order chi connectivity index (χ1) is 16.7. The summed E-state index contributed by atoms with van der Waals surface area (Å²) in [6.45, 7) is 15.7. The van der Waals surface area contributed by atoms with Crippen molar-refractivity contribution in [3.8, 4) is 27.5 Å². The molecule has 4 aromatic rings. The van der Waals surface area contributed by atoms with Crippen molar-refractivity contribution in [2.45, 2.75) is 37.2 Å². The molecule has 2 aromatic heterocycles. The summed E-state index contributed by atoms with van der Waals surface area (Å²) >= 11 is 15.8. The molecule has 35 heavy (non-hydrogen) atoms. The topological polar surface area (TPSA) is 69.2 Å². The van der Waals surface area contributed by atoms with Gasteiger partial charge < -0.3 is 0 Å². The molecule has 4 rings (SSSR count). The lowest BCUT2D eigenvalue weighted by Crippen LogP contribution is -1.94. The van der Waals surface area contributed by atoms with E-state index in [4.69, 9.17) is 49.4 Å². The third kappa shape index (κ3) is 6.40. The predicted molar refractivity (Wildman–Crippen MR) is 142 cm³/mol. The first-order valence-corrected chi connectivity index (χ1v) is 12.8. The van der Waals surface area contributed by atoms with Crippen molar-refractivity contribution in [1.29, 1.82) is 0 Å². The van der Waals surface area contributed by atoms with Crippen molar-refractivity contribution in [2.24, 2.45) is 0 Å². The lowest BCUT2D eigenvalue weighted by atomic mass is 10.0. The predicted octanol–water partition coefficient (Wildman–Crippen LogP) is 8.05. The summed E-state index contributed by atoms with van der Waals surface area (Å²) in [5.41, 5.74) is 6.33. The molecule has 2 aromatic carbocycles. The van der Waals surface area contributed by atoms with Crippen LogP contribution in [0.5, 0.6) is 0 Å². The van der Waals surface area contributed by atoms with Crippen LogP contribution in [0.3, 0.4) is 0 Å². The van der Waals surface area contributed by atoms with Gasteiger partial charge in [-0.15, -0.1) is 11.8 Å². The number of rotatable bonds is 5. The molecule has 0 unspecified atom stereocenters. The van der Waals surface area contributed by atoms with E-state index in [0.29, 0.717) is 21.0 Å². The minimum Gasteiger partial charge on any atom is -0.238 e. The quantitative estimate of drug-likeness (QED) is 0.188. The molecule has 10 heteroatoms. The Bertz CT molecular complexity index is 1450. The highest BCUT2D eigenvalue weighted by Gasteiger charge is 2.19. The maximum Gasteiger partial charge on any atom is 0.373 e. The minimum atomic E-state index is 0.250. The molecule has 0 atom stereocenters. The van der Waals surface area contributed by atoms with Gasteiger partial charge in [0.15, 0.2) is 5.69 Å². The highest BCUT2D eigenvalue weighted by molar-refractivity contribution is 8.01. The summed E-state index contributed by atoms with van der Waals surface area (Å²) in [4.78, 5) is 24.8. The first kappa shape index (κ1) is 26.7. The summed E-state index contributed by atoms with van der Waals surface area (Å²) in [6.07, 6.45) is 2.24. The van der Waals surface area contributed by atoms with Crippen molar-refractivity contribution in [3.05, 3.63) is 75.3 Å². The second kappa shape index (κ2) is 11.7. The van der Waals surface area contributed by atoms with E-state index in [0.717, 1.165) is 43.0 Å². The third-order valence-electron chi connectivity index (χ3n) is 4.72. The van der Waals surface area contributed by atoms with Crippen molar-refractivity contribution >= 4 is 58.1 Å². The molecule has 0 bridgehead atoms. The van der Waals surface area contributed by atoms with Gasteiger partial charge in [0.1, 0.15) is 0 Å². The fraction of sp³-hybridized carbons (Fsp3) is 0.200. The van der Waals surface area contributed by atoms with Crippen LogP contribution in [0.1, 0.15) is 25.1 Å². The van der Waals surface area contributed by atoms with Crippen LogP contribution in [0.4, 0.5) is 5.69 Å². The Balaban J connectivity index is 0.00000108. The normalized spacial score (nSPS) is 10.5. The maximum atomic E-state index is 8.12. The average molecular weight is 544 g/mol. The van der Waals surface area contributed by atoms with Crippen molar-refractivity contribution in [3.63, 3.8) is 0 Å². The molecule has 0 fully saturated rings. The second-order valence-electron chi connectivity index (χ2n) is 7.75. The van der Waals surface area contributed by atoms with Gasteiger partial charge in [0.2, 0.25) is 5.13 Å². The van der Waals surface area contributed by atoms with Gasteiger partial charge in [0, 0.05) is 22.6 Å². The number of carbonyl (C=O) groups excluding carboxylic acids is 2. The van der Waals surface area contributed by atoms with E-state index in [9.17, 15) is 0 Å². The highest BCUT2D eigenvalue weighted by Crippen LogP contribution is 2.41. The van der Waals surface area contributed by atoms with Crippen LogP contribution in [0.15, 0.2) is 46.8 Å². The zero-order valence-corrected chi connectivity index (χ0v) is 22.4. The van der Waals surface area contributed by atoms with Crippen LogP contribution in [0, 0.1) is 20.4 Å². The lowest BCUT2D eigenvalue weighted by molar-refractivity contribution is -0.191. The van der Waals surface area contributed by atoms with Gasteiger partial charge in [-0.2, -0.15) is 14.7 Å². The molecule has 0 N–H and O–H groups in total. The second-order valence-corrected chi connectivity index (χ2v) is 11.4. The Hall–Kier alpha value is -2.92. The van der Waals surface area contributed by atoms with Gasteiger partial charge >= 0.3 is 6.15 Å². The minimum absolute atomic E-state index is 0.250. The van der Waals surface area contributed by atoms with E-state index in [1.165, 1.54) is 0 Å². The number of thioether (sulfide) groups is 1. The van der Waals surface area contributed by atoms with Crippen molar-refractivity contribution in [1.82, 2.24) is 14.8 Å². The monoisotopic (exact) mass is 542 g/mol. The molecule has 0 saturated carbocycles. The molecule has 0 aliphatic heterocycles. The SMILES string of the molecule is O=C=O.[C-]#[N+]c1cc(C)cc(-c2cn(-c3nc(-c4ccc(Cl)c(Cl)c4)c(SC(C)C)s3)nc2C)c1. The van der Waals surface area contributed by atoms with Gasteiger partial charge in [-0.1, -0.05) is 72.1 Å². The van der Waals surface area contributed by atoms with E-state index in [2.05, 4.69) is 24.8 Å². The van der Waals surface area contributed by atoms with E-state index in [1.807, 2.05) is 49.0 Å². The first-order valence-electron chi connectivity index (χ1n) is 10.3. The summed E-state index contributed by atoms with van der Waals surface area (Å²) in [5, 5.41) is 6.94. The fourth-order valence-corrected chi connectivity index (χ4v) is 6.08. The fourth-order valence-electron chi connectivity index (χ4n) is 3.34. The van der Waals surface area contributed by atoms with Gasteiger partial charge in [0.05, 0.1) is 32.2 Å². The average Bonchev–Trinajstić information content (AvgIpc) is 3.39. The standard InChI is InChI=1S/C24H20Cl2N4S2.CO2/c1-13(2)31-23-22(16-6-7-20(25)21(26)11-16)28-24(32-23)30-12-19(15(4)29-30)17-8-14(3)9-18(10-17)27-5;2-1-3/h6-13H,1-4H3;. The number of thiazole rings is 1. The van der Waals surface area contributed by atoms with Crippen LogP contribution >= 0.6 is 46.3 Å². The van der Waals surface area contributed by atoms with E-state index >= 15 is 0 Å². The van der Waals surface area contributed by atoms with Gasteiger partial charge in [-0.3, -0.25) is 0 Å². The van der Waals surface area contributed by atoms with Crippen LogP contribution in [0.25, 0.3) is 32.4 Å². The number of nitrogens with zero attached hydrogens (tertiary/aromatic N) is 4. The molecule has 0 radical (unpaired) electrons. The van der Waals surface area contributed by atoms with E-state index in [-0.39, 0.29) is 6.15 Å². The molecule has 2 heterocycles. The van der Waals surface area contributed by atoms with Crippen LogP contribution < -0.4 is 0 Å². The zero-order valence-electron chi connectivity index (χ0n) is 19.3. The Morgan fingerprint density at radius 2 is 1.80 bits per heavy atom. The molecular weight excluding hydrogens is 523 g/mol. The number of hydrogen-bond acceptors (Lipinski definition) is 6. The summed E-state index contributed by atoms with van der Waals surface area (Å²) in [5.74, 6) is 0. The molecule has 0 aliphatic rings. The Morgan fingerprint density at radius 3 is 2.43 bits per heavy atom. The Kier molecular flexibility index (Phi) is 8.90. The van der Waals surface area contributed by atoms with Crippen LogP contribution in [-0.2, 0) is 9.59 Å². The molecular formula is C25H20Cl2N4O2S2. The van der Waals surface area contributed by atoms with Crippen molar-refractivity contribution < 1.29 is 9.59 Å². The van der Waals surface area contributed by atoms with Crippen LogP contribution in [0.2, 0.25) is 10.0 Å². The van der Waals surface area contributed by atoms with Gasteiger partial charge in [0.25, 0.3) is 0 Å². The third-order valence-corrected chi connectivity index (χ3v) is 7.71. The molecule has 178 valence electrons. The number of halogens is 2. The van der Waals surface area contributed by atoms with E-state index < -0.39 is 0 Å².